The molecule has 1 fully saturated rings. The van der Waals surface area contributed by atoms with E-state index in [-0.39, 0.29) is 41.5 Å². The van der Waals surface area contributed by atoms with Crippen molar-refractivity contribution in [3.05, 3.63) is 23.3 Å². The molecule has 5 nitrogen and oxygen atoms in total. The fourth-order valence-electron chi connectivity index (χ4n) is 3.18. The maximum absolute atomic E-state index is 13.0. The Kier molecular flexibility index (Phi) is 8.49. The van der Waals surface area contributed by atoms with Crippen molar-refractivity contribution in [2.75, 3.05) is 6.61 Å². The molecule has 1 rings (SSSR count). The molecule has 0 bridgehead atoms. The Morgan fingerprint density at radius 3 is 2.24 bits per heavy atom. The molecule has 166 valence electrons. The summed E-state index contributed by atoms with van der Waals surface area (Å²) in [7, 11) is -1.99. The Balaban J connectivity index is 3.14. The lowest BCUT2D eigenvalue weighted by molar-refractivity contribution is -0.125. The van der Waals surface area contributed by atoms with E-state index in [1.54, 1.807) is 6.92 Å². The predicted molar refractivity (Wildman–Crippen MR) is 121 cm³/mol. The van der Waals surface area contributed by atoms with E-state index in [1.807, 2.05) is 26.8 Å². The van der Waals surface area contributed by atoms with Gasteiger partial charge in [-0.3, -0.25) is 4.79 Å². The quantitative estimate of drug-likeness (QED) is 0.289. The van der Waals surface area contributed by atoms with Gasteiger partial charge in [0.05, 0.1) is 12.1 Å². The zero-order chi connectivity index (χ0) is 22.7. The third-order valence-corrected chi connectivity index (χ3v) is 10.8. The third kappa shape index (κ3) is 6.04. The smallest absolute Gasteiger partial charge is 0.417 e. The van der Waals surface area contributed by atoms with Gasteiger partial charge in [0.1, 0.15) is 6.61 Å². The first kappa shape index (κ1) is 25.6. The van der Waals surface area contributed by atoms with Crippen LogP contribution >= 0.6 is 0 Å². The van der Waals surface area contributed by atoms with E-state index < -0.39 is 14.4 Å². The molecule has 6 heteroatoms. The lowest BCUT2D eigenvalue weighted by Gasteiger charge is -2.41. The number of nitrogens with zero attached hydrogens (tertiary/aromatic N) is 1. The molecule has 3 atom stereocenters. The van der Waals surface area contributed by atoms with Crippen molar-refractivity contribution in [1.29, 1.82) is 0 Å². The van der Waals surface area contributed by atoms with Gasteiger partial charge in [0.25, 0.3) is 5.91 Å². The lowest BCUT2D eigenvalue weighted by atomic mass is 9.95. The molecule has 2 amide bonds. The summed E-state index contributed by atoms with van der Waals surface area (Å²) >= 11 is 0. The summed E-state index contributed by atoms with van der Waals surface area (Å²) in [6.07, 6.45) is 3.37. The van der Waals surface area contributed by atoms with Crippen LogP contribution in [0.2, 0.25) is 18.1 Å². The van der Waals surface area contributed by atoms with Gasteiger partial charge in [-0.05, 0) is 50.4 Å². The van der Waals surface area contributed by atoms with Gasteiger partial charge in [-0.1, -0.05) is 53.7 Å². The summed E-state index contributed by atoms with van der Waals surface area (Å²) in [6.45, 7) is 23.3. The molecule has 0 spiro atoms. The van der Waals surface area contributed by atoms with Gasteiger partial charge in [0.2, 0.25) is 0 Å². The second-order valence-electron chi connectivity index (χ2n) is 10.1. The summed E-state index contributed by atoms with van der Waals surface area (Å²) in [6, 6.07) is -0.217. The number of carbonyl (C=O) groups excluding carboxylic acids is 2. The normalized spacial score (nSPS) is 21.4. The van der Waals surface area contributed by atoms with Crippen LogP contribution in [0.25, 0.3) is 0 Å². The Morgan fingerprint density at radius 1 is 1.24 bits per heavy atom. The summed E-state index contributed by atoms with van der Waals surface area (Å²) in [5, 5.41) is 0.0946. The highest BCUT2D eigenvalue weighted by atomic mass is 28.4. The fourth-order valence-corrected chi connectivity index (χ4v) is 4.57. The largest absolute Gasteiger partial charge is 0.447 e. The van der Waals surface area contributed by atoms with Crippen LogP contribution in [0, 0.1) is 11.8 Å². The molecule has 0 aromatic heterocycles. The molecular weight excluding hydrogens is 382 g/mol. The van der Waals surface area contributed by atoms with Gasteiger partial charge in [0.15, 0.2) is 8.32 Å². The van der Waals surface area contributed by atoms with E-state index in [2.05, 4.69) is 53.8 Å². The summed E-state index contributed by atoms with van der Waals surface area (Å²) in [5.41, 5.74) is 1.70. The van der Waals surface area contributed by atoms with E-state index in [4.69, 9.17) is 9.16 Å². The molecule has 0 saturated carbocycles. The van der Waals surface area contributed by atoms with Crippen LogP contribution in [0.1, 0.15) is 62.3 Å². The predicted octanol–water partition coefficient (Wildman–Crippen LogP) is 5.93. The first-order chi connectivity index (χ1) is 13.1. The Hall–Kier alpha value is -1.40. The van der Waals surface area contributed by atoms with E-state index in [1.165, 1.54) is 4.90 Å². The highest BCUT2D eigenvalue weighted by Gasteiger charge is 2.42. The van der Waals surface area contributed by atoms with Gasteiger partial charge in [-0.2, -0.15) is 0 Å². The molecule has 1 aliphatic heterocycles. The SMILES string of the molecule is C/C=C(/C)[C@H](O[Si](C)(C)C(C)(C)C)[C@H](C)/C=C(\C)C(=O)N1C(=O)OC[C@H]1C(C)C. The average Bonchev–Trinajstić information content (AvgIpc) is 2.98. The molecule has 0 N–H and O–H groups in total. The number of carbonyl (C=O) groups is 2. The van der Waals surface area contributed by atoms with Crippen molar-refractivity contribution < 1.29 is 18.8 Å². The van der Waals surface area contributed by atoms with Crippen LogP contribution in [-0.4, -0.2) is 44.0 Å². The first-order valence-corrected chi connectivity index (χ1v) is 13.5. The second kappa shape index (κ2) is 9.60. The van der Waals surface area contributed by atoms with Crippen molar-refractivity contribution in [2.24, 2.45) is 11.8 Å². The molecule has 1 aliphatic rings. The van der Waals surface area contributed by atoms with Crippen molar-refractivity contribution in [2.45, 2.75) is 92.6 Å². The third-order valence-electron chi connectivity index (χ3n) is 6.35. The maximum atomic E-state index is 13.0. The van der Waals surface area contributed by atoms with E-state index in [9.17, 15) is 9.59 Å². The van der Waals surface area contributed by atoms with Gasteiger partial charge in [-0.15, -0.1) is 0 Å². The maximum Gasteiger partial charge on any atom is 0.417 e. The van der Waals surface area contributed by atoms with Crippen molar-refractivity contribution in [1.82, 2.24) is 4.90 Å². The molecular formula is C23H41NO4Si. The Morgan fingerprint density at radius 2 is 1.79 bits per heavy atom. The van der Waals surface area contributed by atoms with Crippen LogP contribution in [0.5, 0.6) is 0 Å². The summed E-state index contributed by atoms with van der Waals surface area (Å²) in [4.78, 5) is 26.4. The van der Waals surface area contributed by atoms with Crippen molar-refractivity contribution in [3.8, 4) is 0 Å². The molecule has 0 aromatic carbocycles. The first-order valence-electron chi connectivity index (χ1n) is 10.6. The summed E-state index contributed by atoms with van der Waals surface area (Å²) < 4.78 is 11.8. The molecule has 0 radical (unpaired) electrons. The highest BCUT2D eigenvalue weighted by molar-refractivity contribution is 6.74. The second-order valence-corrected chi connectivity index (χ2v) is 14.9. The zero-order valence-electron chi connectivity index (χ0n) is 20.3. The van der Waals surface area contributed by atoms with Crippen molar-refractivity contribution in [3.63, 3.8) is 0 Å². The lowest BCUT2D eigenvalue weighted by Crippen LogP contribution is -2.46. The number of allylic oxidation sites excluding steroid dienone is 1. The van der Waals surface area contributed by atoms with Crippen LogP contribution in [-0.2, 0) is 14.0 Å². The summed E-state index contributed by atoms with van der Waals surface area (Å²) in [5.74, 6) is -0.127. The number of rotatable bonds is 7. The highest BCUT2D eigenvalue weighted by Crippen LogP contribution is 2.39. The monoisotopic (exact) mass is 423 g/mol. The topological polar surface area (TPSA) is 55.8 Å². The molecule has 1 saturated heterocycles. The Bertz CT molecular complexity index is 673. The minimum Gasteiger partial charge on any atom is -0.447 e. The van der Waals surface area contributed by atoms with Crippen LogP contribution < -0.4 is 0 Å². The number of hydrogen-bond donors (Lipinski definition) is 0. The standard InChI is InChI=1S/C23H41NO4Si/c1-12-16(4)20(28-29(10,11)23(7,8)9)17(5)13-18(6)21(25)24-19(15(2)3)14-27-22(24)26/h12-13,15,17,19-20H,14H2,1-11H3/b16-12-,18-13+/t17-,19+,20+/m1/s1. The van der Waals surface area contributed by atoms with E-state index in [0.29, 0.717) is 5.57 Å². The van der Waals surface area contributed by atoms with Gasteiger partial charge in [-0.25, -0.2) is 9.69 Å². The average molecular weight is 424 g/mol. The minimum absolute atomic E-state index is 0.000369. The van der Waals surface area contributed by atoms with Crippen LogP contribution in [0.3, 0.4) is 0 Å². The van der Waals surface area contributed by atoms with Gasteiger partial charge < -0.3 is 9.16 Å². The molecule has 1 heterocycles. The number of hydrogen-bond acceptors (Lipinski definition) is 4. The van der Waals surface area contributed by atoms with Crippen LogP contribution in [0.15, 0.2) is 23.3 Å². The zero-order valence-corrected chi connectivity index (χ0v) is 21.3. The fraction of sp³-hybridized carbons (Fsp3) is 0.739. The van der Waals surface area contributed by atoms with Crippen LogP contribution in [0.4, 0.5) is 4.79 Å². The molecule has 29 heavy (non-hydrogen) atoms. The number of imide groups is 1. The number of amides is 2. The molecule has 0 aromatic rings. The number of cyclic esters (lactones) is 1. The number of ether oxygens (including phenoxy) is 1. The van der Waals surface area contributed by atoms with Gasteiger partial charge in [0, 0.05) is 11.5 Å². The Labute approximate surface area is 178 Å². The van der Waals surface area contributed by atoms with Crippen molar-refractivity contribution >= 4 is 20.3 Å². The molecule has 0 unspecified atom stereocenters. The minimum atomic E-state index is -1.99. The molecule has 0 aliphatic carbocycles. The van der Waals surface area contributed by atoms with E-state index in [0.717, 1.165) is 5.57 Å². The van der Waals surface area contributed by atoms with Gasteiger partial charge >= 0.3 is 6.09 Å². The van der Waals surface area contributed by atoms with E-state index >= 15 is 0 Å².